The van der Waals surface area contributed by atoms with Gasteiger partial charge in [-0.3, -0.25) is 20.4 Å². The van der Waals surface area contributed by atoms with E-state index in [9.17, 15) is 9.59 Å². The number of ether oxygens (including phenoxy) is 1. The molecule has 2 aromatic carbocycles. The standard InChI is InChI=1S/C17H14BrClN2O3/c18-14-10-13(19)7-8-15(14)24-11-17(23)21-20-16(22)9-6-12-4-2-1-3-5-12/h1-10H,11H2,(H,20,22)(H,21,23)/b9-6+. The number of halogens is 2. The third-order valence-electron chi connectivity index (χ3n) is 2.80. The van der Waals surface area contributed by atoms with Gasteiger partial charge in [0.05, 0.1) is 4.47 Å². The van der Waals surface area contributed by atoms with E-state index < -0.39 is 11.8 Å². The molecular formula is C17H14BrClN2O3. The van der Waals surface area contributed by atoms with Crippen molar-refractivity contribution in [2.45, 2.75) is 0 Å². The molecule has 5 nitrogen and oxygen atoms in total. The highest BCUT2D eigenvalue weighted by molar-refractivity contribution is 9.10. The summed E-state index contributed by atoms with van der Waals surface area (Å²) < 4.78 is 5.96. The van der Waals surface area contributed by atoms with Crippen LogP contribution in [0.15, 0.2) is 59.1 Å². The lowest BCUT2D eigenvalue weighted by atomic mass is 10.2. The van der Waals surface area contributed by atoms with Crippen LogP contribution in [0.5, 0.6) is 5.75 Å². The summed E-state index contributed by atoms with van der Waals surface area (Å²) in [5, 5.41) is 0.552. The summed E-state index contributed by atoms with van der Waals surface area (Å²) in [7, 11) is 0. The van der Waals surface area contributed by atoms with Crippen molar-refractivity contribution in [1.29, 1.82) is 0 Å². The molecule has 2 rings (SSSR count). The Hall–Kier alpha value is -2.31. The molecule has 0 atom stereocenters. The smallest absolute Gasteiger partial charge is 0.276 e. The monoisotopic (exact) mass is 408 g/mol. The van der Waals surface area contributed by atoms with Crippen LogP contribution in [0.1, 0.15) is 5.56 Å². The van der Waals surface area contributed by atoms with Crippen molar-refractivity contribution < 1.29 is 14.3 Å². The molecule has 0 spiro atoms. The number of amides is 2. The summed E-state index contributed by atoms with van der Waals surface area (Å²) in [4.78, 5) is 23.3. The number of nitrogens with one attached hydrogen (secondary N) is 2. The molecule has 0 aliphatic carbocycles. The zero-order valence-corrected chi connectivity index (χ0v) is 14.8. The minimum atomic E-state index is -0.488. The normalized spacial score (nSPS) is 10.4. The van der Waals surface area contributed by atoms with Gasteiger partial charge in [-0.2, -0.15) is 0 Å². The van der Waals surface area contributed by atoms with Crippen molar-refractivity contribution >= 4 is 45.4 Å². The predicted molar refractivity (Wildman–Crippen MR) is 96.4 cm³/mol. The highest BCUT2D eigenvalue weighted by Gasteiger charge is 2.06. The molecule has 0 bridgehead atoms. The topological polar surface area (TPSA) is 67.4 Å². The molecule has 2 amide bonds. The van der Waals surface area contributed by atoms with E-state index in [0.29, 0.717) is 15.2 Å². The van der Waals surface area contributed by atoms with Crippen molar-refractivity contribution in [1.82, 2.24) is 10.9 Å². The number of hydrogen-bond donors (Lipinski definition) is 2. The lowest BCUT2D eigenvalue weighted by Crippen LogP contribution is -2.43. The van der Waals surface area contributed by atoms with E-state index in [-0.39, 0.29) is 6.61 Å². The minimum absolute atomic E-state index is 0.247. The quantitative estimate of drug-likeness (QED) is 0.588. The molecule has 7 heteroatoms. The zero-order valence-electron chi connectivity index (χ0n) is 12.5. The Morgan fingerprint density at radius 1 is 1.12 bits per heavy atom. The molecule has 124 valence electrons. The Labute approximate surface area is 152 Å². The van der Waals surface area contributed by atoms with Crippen LogP contribution >= 0.6 is 27.5 Å². The van der Waals surface area contributed by atoms with Crippen LogP contribution in [0.25, 0.3) is 6.08 Å². The van der Waals surface area contributed by atoms with Gasteiger partial charge in [0.2, 0.25) is 0 Å². The van der Waals surface area contributed by atoms with Gasteiger partial charge in [0.15, 0.2) is 6.61 Å². The van der Waals surface area contributed by atoms with E-state index in [1.54, 1.807) is 24.3 Å². The van der Waals surface area contributed by atoms with E-state index in [2.05, 4.69) is 26.8 Å². The Bertz CT molecular complexity index is 751. The molecule has 0 saturated heterocycles. The van der Waals surface area contributed by atoms with Gasteiger partial charge in [-0.25, -0.2) is 0 Å². The largest absolute Gasteiger partial charge is 0.483 e. The first kappa shape index (κ1) is 18.0. The van der Waals surface area contributed by atoms with Crippen molar-refractivity contribution in [3.05, 3.63) is 69.7 Å². The van der Waals surface area contributed by atoms with Gasteiger partial charge in [-0.15, -0.1) is 0 Å². The van der Waals surface area contributed by atoms with Crippen LogP contribution in [0.4, 0.5) is 0 Å². The number of benzene rings is 2. The molecule has 0 fully saturated rings. The molecule has 2 aromatic rings. The third kappa shape index (κ3) is 6.06. The summed E-state index contributed by atoms with van der Waals surface area (Å²) in [6, 6.07) is 14.3. The summed E-state index contributed by atoms with van der Waals surface area (Å²) in [5.74, 6) is -0.456. The predicted octanol–water partition coefficient (Wildman–Crippen LogP) is 3.34. The first-order valence-corrected chi connectivity index (χ1v) is 8.11. The molecule has 0 aliphatic rings. The zero-order chi connectivity index (χ0) is 17.4. The van der Waals surface area contributed by atoms with E-state index >= 15 is 0 Å². The fraction of sp³-hybridized carbons (Fsp3) is 0.0588. The SMILES string of the molecule is O=C(/C=C/c1ccccc1)NNC(=O)COc1ccc(Cl)cc1Br. The number of carbonyl (C=O) groups is 2. The Morgan fingerprint density at radius 2 is 1.88 bits per heavy atom. The average Bonchev–Trinajstić information content (AvgIpc) is 2.58. The highest BCUT2D eigenvalue weighted by atomic mass is 79.9. The van der Waals surface area contributed by atoms with E-state index in [0.717, 1.165) is 5.56 Å². The van der Waals surface area contributed by atoms with E-state index in [1.165, 1.54) is 6.08 Å². The average molecular weight is 410 g/mol. The lowest BCUT2D eigenvalue weighted by Gasteiger charge is -2.09. The minimum Gasteiger partial charge on any atom is -0.483 e. The molecule has 2 N–H and O–H groups in total. The maximum absolute atomic E-state index is 11.7. The van der Waals surface area contributed by atoms with Gasteiger partial charge in [-0.1, -0.05) is 41.9 Å². The molecule has 24 heavy (non-hydrogen) atoms. The molecule has 0 saturated carbocycles. The molecular weight excluding hydrogens is 396 g/mol. The maximum Gasteiger partial charge on any atom is 0.276 e. The second-order valence-corrected chi connectivity index (χ2v) is 5.94. The second kappa shape index (κ2) is 9.10. The van der Waals surface area contributed by atoms with Gasteiger partial charge in [0.25, 0.3) is 11.8 Å². The highest BCUT2D eigenvalue weighted by Crippen LogP contribution is 2.27. The van der Waals surface area contributed by atoms with Crippen molar-refractivity contribution in [2.75, 3.05) is 6.61 Å². The first-order chi connectivity index (χ1) is 11.5. The van der Waals surface area contributed by atoms with Crippen LogP contribution in [-0.2, 0) is 9.59 Å². The number of carbonyl (C=O) groups excluding carboxylic acids is 2. The van der Waals surface area contributed by atoms with Crippen LogP contribution in [-0.4, -0.2) is 18.4 Å². The summed E-state index contributed by atoms with van der Waals surface area (Å²) in [6.07, 6.45) is 2.97. The molecule has 0 radical (unpaired) electrons. The van der Waals surface area contributed by atoms with Crippen molar-refractivity contribution in [2.24, 2.45) is 0 Å². The van der Waals surface area contributed by atoms with Crippen LogP contribution in [0, 0.1) is 0 Å². The lowest BCUT2D eigenvalue weighted by molar-refractivity contribution is -0.128. The second-order valence-electron chi connectivity index (χ2n) is 4.64. The van der Waals surface area contributed by atoms with Crippen LogP contribution < -0.4 is 15.6 Å². The molecule has 0 aliphatic heterocycles. The van der Waals surface area contributed by atoms with Crippen LogP contribution in [0.3, 0.4) is 0 Å². The van der Waals surface area contributed by atoms with Crippen molar-refractivity contribution in [3.63, 3.8) is 0 Å². The Balaban J connectivity index is 1.74. The van der Waals surface area contributed by atoms with Gasteiger partial charge >= 0.3 is 0 Å². The first-order valence-electron chi connectivity index (χ1n) is 6.94. The fourth-order valence-electron chi connectivity index (χ4n) is 1.68. The Kier molecular flexibility index (Phi) is 6.84. The maximum atomic E-state index is 11.7. The summed E-state index contributed by atoms with van der Waals surface area (Å²) in [6.45, 7) is -0.247. The number of hydrogen-bond acceptors (Lipinski definition) is 3. The molecule has 0 heterocycles. The van der Waals surface area contributed by atoms with Gasteiger partial charge in [0.1, 0.15) is 5.75 Å². The Morgan fingerprint density at radius 3 is 2.58 bits per heavy atom. The summed E-state index contributed by atoms with van der Waals surface area (Å²) in [5.41, 5.74) is 5.42. The fourth-order valence-corrected chi connectivity index (χ4v) is 2.48. The third-order valence-corrected chi connectivity index (χ3v) is 3.66. The summed E-state index contributed by atoms with van der Waals surface area (Å²) >= 11 is 9.10. The molecule has 0 unspecified atom stereocenters. The van der Waals surface area contributed by atoms with Gasteiger partial charge in [0, 0.05) is 11.1 Å². The van der Waals surface area contributed by atoms with Crippen molar-refractivity contribution in [3.8, 4) is 5.75 Å². The van der Waals surface area contributed by atoms with E-state index in [1.807, 2.05) is 30.3 Å². The van der Waals surface area contributed by atoms with E-state index in [4.69, 9.17) is 16.3 Å². The van der Waals surface area contributed by atoms with Crippen LogP contribution in [0.2, 0.25) is 5.02 Å². The van der Waals surface area contributed by atoms with Gasteiger partial charge in [-0.05, 0) is 45.8 Å². The molecule has 0 aromatic heterocycles. The number of hydrazine groups is 1. The van der Waals surface area contributed by atoms with Gasteiger partial charge < -0.3 is 4.74 Å². The number of rotatable bonds is 5.